The molecule has 0 rings (SSSR count). The van der Waals surface area contributed by atoms with Crippen molar-refractivity contribution < 1.29 is 0 Å². The van der Waals surface area contributed by atoms with E-state index in [0.29, 0.717) is 0 Å². The summed E-state index contributed by atoms with van der Waals surface area (Å²) >= 11 is 0. The molecular weight excluding hydrogens is 180 g/mol. The molecule has 0 aliphatic rings. The second-order valence-corrected chi connectivity index (χ2v) is 5.49. The highest BCUT2D eigenvalue weighted by Gasteiger charge is 2.09. The largest absolute Gasteiger partial charge is 0.0654 e. The Hall–Kier alpha value is 0. The Labute approximate surface area is 97.8 Å². The molecule has 0 fully saturated rings. The van der Waals surface area contributed by atoms with E-state index in [0.717, 1.165) is 11.8 Å². The topological polar surface area (TPSA) is 0 Å². The maximum Gasteiger partial charge on any atom is -0.0412 e. The predicted octanol–water partition coefficient (Wildman–Crippen LogP) is 5.81. The molecule has 0 aromatic heterocycles. The minimum Gasteiger partial charge on any atom is -0.0654 e. The smallest absolute Gasteiger partial charge is 0.0412 e. The van der Waals surface area contributed by atoms with Crippen LogP contribution in [0, 0.1) is 11.8 Å². The van der Waals surface area contributed by atoms with Crippen LogP contribution in [-0.2, 0) is 0 Å². The molecule has 0 bridgehead atoms. The van der Waals surface area contributed by atoms with Gasteiger partial charge in [0.1, 0.15) is 0 Å². The highest BCUT2D eigenvalue weighted by Crippen LogP contribution is 2.23. The Balaban J connectivity index is 3.47. The summed E-state index contributed by atoms with van der Waals surface area (Å²) in [5.74, 6) is 1.90. The standard InChI is InChI=1S/C15H32/c1-5-7-8-9-10-12-15(11-6-2)13-14(3)4/h14-15H,5-13H2,1-4H3. The average Bonchev–Trinajstić information content (AvgIpc) is 2.17. The van der Waals surface area contributed by atoms with Crippen molar-refractivity contribution in [3.63, 3.8) is 0 Å². The molecule has 15 heavy (non-hydrogen) atoms. The molecule has 0 N–H and O–H groups in total. The van der Waals surface area contributed by atoms with Crippen LogP contribution in [-0.4, -0.2) is 0 Å². The van der Waals surface area contributed by atoms with Crippen molar-refractivity contribution in [3.05, 3.63) is 0 Å². The maximum atomic E-state index is 2.36. The van der Waals surface area contributed by atoms with Gasteiger partial charge >= 0.3 is 0 Å². The van der Waals surface area contributed by atoms with E-state index in [1.807, 2.05) is 0 Å². The van der Waals surface area contributed by atoms with Gasteiger partial charge in [-0.05, 0) is 18.3 Å². The highest BCUT2D eigenvalue weighted by molar-refractivity contribution is 4.61. The third kappa shape index (κ3) is 10.3. The quantitative estimate of drug-likeness (QED) is 0.401. The minimum atomic E-state index is 0.886. The molecule has 1 atom stereocenters. The van der Waals surface area contributed by atoms with Gasteiger partial charge in [-0.3, -0.25) is 0 Å². The van der Waals surface area contributed by atoms with E-state index in [2.05, 4.69) is 27.7 Å². The fourth-order valence-corrected chi connectivity index (χ4v) is 2.49. The zero-order chi connectivity index (χ0) is 11.5. The zero-order valence-electron chi connectivity index (χ0n) is 11.5. The van der Waals surface area contributed by atoms with Crippen molar-refractivity contribution in [2.45, 2.75) is 85.5 Å². The first-order valence-corrected chi connectivity index (χ1v) is 7.20. The lowest BCUT2D eigenvalue weighted by Gasteiger charge is -2.18. The molecule has 0 aromatic rings. The third-order valence-corrected chi connectivity index (χ3v) is 3.22. The molecule has 0 heteroatoms. The molecule has 0 heterocycles. The Morgan fingerprint density at radius 2 is 1.40 bits per heavy atom. The number of unbranched alkanes of at least 4 members (excludes halogenated alkanes) is 4. The molecule has 0 aliphatic heterocycles. The summed E-state index contributed by atoms with van der Waals surface area (Å²) in [7, 11) is 0. The zero-order valence-corrected chi connectivity index (χ0v) is 11.5. The van der Waals surface area contributed by atoms with Crippen molar-refractivity contribution in [2.75, 3.05) is 0 Å². The molecule has 0 amide bonds. The van der Waals surface area contributed by atoms with Gasteiger partial charge < -0.3 is 0 Å². The van der Waals surface area contributed by atoms with Crippen LogP contribution < -0.4 is 0 Å². The first-order valence-electron chi connectivity index (χ1n) is 7.20. The van der Waals surface area contributed by atoms with E-state index in [4.69, 9.17) is 0 Å². The van der Waals surface area contributed by atoms with E-state index in [1.165, 1.54) is 57.8 Å². The van der Waals surface area contributed by atoms with E-state index in [-0.39, 0.29) is 0 Å². The SMILES string of the molecule is CCCCCCCC(CCC)CC(C)C. The fraction of sp³-hybridized carbons (Fsp3) is 1.00. The molecule has 0 saturated heterocycles. The van der Waals surface area contributed by atoms with Crippen LogP contribution in [0.1, 0.15) is 85.5 Å². The molecular formula is C15H32. The van der Waals surface area contributed by atoms with Gasteiger partial charge in [-0.2, -0.15) is 0 Å². The van der Waals surface area contributed by atoms with Gasteiger partial charge in [-0.25, -0.2) is 0 Å². The molecule has 0 aromatic carbocycles. The molecule has 0 spiro atoms. The molecule has 0 aliphatic carbocycles. The van der Waals surface area contributed by atoms with Gasteiger partial charge in [0.2, 0.25) is 0 Å². The van der Waals surface area contributed by atoms with Crippen molar-refractivity contribution in [3.8, 4) is 0 Å². The van der Waals surface area contributed by atoms with E-state index in [9.17, 15) is 0 Å². The molecule has 0 saturated carbocycles. The summed E-state index contributed by atoms with van der Waals surface area (Å²) in [6, 6.07) is 0. The molecule has 0 nitrogen and oxygen atoms in total. The molecule has 1 unspecified atom stereocenters. The van der Waals surface area contributed by atoms with Gasteiger partial charge in [-0.1, -0.05) is 79.1 Å². The van der Waals surface area contributed by atoms with Crippen LogP contribution in [0.2, 0.25) is 0 Å². The fourth-order valence-electron chi connectivity index (χ4n) is 2.49. The predicted molar refractivity (Wildman–Crippen MR) is 71.2 cm³/mol. The Kier molecular flexibility index (Phi) is 10.5. The Morgan fingerprint density at radius 3 is 1.93 bits per heavy atom. The summed E-state index contributed by atoms with van der Waals surface area (Å²) in [5, 5.41) is 0. The summed E-state index contributed by atoms with van der Waals surface area (Å²) < 4.78 is 0. The van der Waals surface area contributed by atoms with Crippen LogP contribution in [0.3, 0.4) is 0 Å². The molecule has 0 radical (unpaired) electrons. The maximum absolute atomic E-state index is 2.36. The van der Waals surface area contributed by atoms with Crippen molar-refractivity contribution >= 4 is 0 Å². The normalized spacial score (nSPS) is 13.4. The minimum absolute atomic E-state index is 0.886. The van der Waals surface area contributed by atoms with E-state index < -0.39 is 0 Å². The second-order valence-electron chi connectivity index (χ2n) is 5.49. The second kappa shape index (κ2) is 10.5. The van der Waals surface area contributed by atoms with Gasteiger partial charge in [0, 0.05) is 0 Å². The average molecular weight is 212 g/mol. The summed E-state index contributed by atoms with van der Waals surface area (Å²) in [6.07, 6.45) is 12.9. The monoisotopic (exact) mass is 212 g/mol. The lowest BCUT2D eigenvalue weighted by atomic mass is 9.88. The number of hydrogen-bond donors (Lipinski definition) is 0. The third-order valence-electron chi connectivity index (χ3n) is 3.22. The molecule has 92 valence electrons. The number of hydrogen-bond acceptors (Lipinski definition) is 0. The van der Waals surface area contributed by atoms with Gasteiger partial charge in [0.15, 0.2) is 0 Å². The Bertz CT molecular complexity index is 115. The van der Waals surface area contributed by atoms with Gasteiger partial charge in [-0.15, -0.1) is 0 Å². The van der Waals surface area contributed by atoms with Crippen molar-refractivity contribution in [1.82, 2.24) is 0 Å². The van der Waals surface area contributed by atoms with E-state index in [1.54, 1.807) is 0 Å². The Morgan fingerprint density at radius 1 is 0.733 bits per heavy atom. The van der Waals surface area contributed by atoms with Crippen LogP contribution in [0.5, 0.6) is 0 Å². The van der Waals surface area contributed by atoms with Crippen LogP contribution in [0.25, 0.3) is 0 Å². The first kappa shape index (κ1) is 15.0. The van der Waals surface area contributed by atoms with Crippen molar-refractivity contribution in [2.24, 2.45) is 11.8 Å². The van der Waals surface area contributed by atoms with Gasteiger partial charge in [0.25, 0.3) is 0 Å². The van der Waals surface area contributed by atoms with Crippen LogP contribution >= 0.6 is 0 Å². The van der Waals surface area contributed by atoms with Gasteiger partial charge in [0.05, 0.1) is 0 Å². The first-order chi connectivity index (χ1) is 7.20. The lowest BCUT2D eigenvalue weighted by Crippen LogP contribution is -2.04. The van der Waals surface area contributed by atoms with E-state index >= 15 is 0 Å². The summed E-state index contributed by atoms with van der Waals surface area (Å²) in [4.78, 5) is 0. The van der Waals surface area contributed by atoms with Crippen molar-refractivity contribution in [1.29, 1.82) is 0 Å². The summed E-state index contributed by atoms with van der Waals surface area (Å²) in [5.41, 5.74) is 0. The summed E-state index contributed by atoms with van der Waals surface area (Å²) in [6.45, 7) is 9.34. The number of rotatable bonds is 10. The van der Waals surface area contributed by atoms with Crippen LogP contribution in [0.15, 0.2) is 0 Å². The highest BCUT2D eigenvalue weighted by atomic mass is 14.1. The van der Waals surface area contributed by atoms with Crippen LogP contribution in [0.4, 0.5) is 0 Å². The lowest BCUT2D eigenvalue weighted by molar-refractivity contribution is 0.348.